The average Bonchev–Trinajstić information content (AvgIpc) is 3.09. The standard InChI is InChI=1S/C17H17N3OS2/c1-2-4-13(5-3-1)12-23-17-18-14-6-11-22-15(14)16(19-17)20-7-9-21-10-8-20/h1-6,11H,7-10,12H2. The summed E-state index contributed by atoms with van der Waals surface area (Å²) in [6.45, 7) is 3.33. The number of hydrogen-bond acceptors (Lipinski definition) is 6. The molecule has 4 rings (SSSR count). The van der Waals surface area contributed by atoms with Gasteiger partial charge in [-0.25, -0.2) is 9.97 Å². The number of nitrogens with zero attached hydrogens (tertiary/aromatic N) is 3. The topological polar surface area (TPSA) is 38.2 Å². The van der Waals surface area contributed by atoms with Crippen molar-refractivity contribution >= 4 is 39.1 Å². The monoisotopic (exact) mass is 343 g/mol. The van der Waals surface area contributed by atoms with Gasteiger partial charge in [-0.1, -0.05) is 42.1 Å². The summed E-state index contributed by atoms with van der Waals surface area (Å²) >= 11 is 3.41. The fraction of sp³-hybridized carbons (Fsp3) is 0.294. The minimum absolute atomic E-state index is 0.767. The Morgan fingerprint density at radius 2 is 1.91 bits per heavy atom. The average molecular weight is 343 g/mol. The summed E-state index contributed by atoms with van der Waals surface area (Å²) in [6, 6.07) is 12.5. The highest BCUT2D eigenvalue weighted by Crippen LogP contribution is 2.32. The molecule has 0 amide bonds. The van der Waals surface area contributed by atoms with Gasteiger partial charge in [0.1, 0.15) is 0 Å². The molecule has 1 aliphatic heterocycles. The number of benzene rings is 1. The first-order chi connectivity index (χ1) is 11.4. The maximum Gasteiger partial charge on any atom is 0.190 e. The van der Waals surface area contributed by atoms with Crippen molar-refractivity contribution in [3.63, 3.8) is 0 Å². The lowest BCUT2D eigenvalue weighted by atomic mass is 10.2. The van der Waals surface area contributed by atoms with Gasteiger partial charge < -0.3 is 9.64 Å². The van der Waals surface area contributed by atoms with E-state index in [-0.39, 0.29) is 0 Å². The second-order valence-corrected chi connectivity index (χ2v) is 7.20. The van der Waals surface area contributed by atoms with Crippen molar-refractivity contribution in [2.75, 3.05) is 31.2 Å². The van der Waals surface area contributed by atoms with Gasteiger partial charge >= 0.3 is 0 Å². The van der Waals surface area contributed by atoms with Crippen molar-refractivity contribution in [3.05, 3.63) is 47.3 Å². The molecule has 3 aromatic rings. The number of thioether (sulfide) groups is 1. The summed E-state index contributed by atoms with van der Waals surface area (Å²) in [6.07, 6.45) is 0. The molecule has 2 aromatic heterocycles. The zero-order valence-electron chi connectivity index (χ0n) is 12.6. The highest BCUT2D eigenvalue weighted by atomic mass is 32.2. The van der Waals surface area contributed by atoms with Crippen molar-refractivity contribution in [1.82, 2.24) is 9.97 Å². The Bertz CT molecular complexity index is 785. The molecule has 0 aliphatic carbocycles. The lowest BCUT2D eigenvalue weighted by Gasteiger charge is -2.28. The largest absolute Gasteiger partial charge is 0.378 e. The summed E-state index contributed by atoms with van der Waals surface area (Å²) < 4.78 is 6.64. The van der Waals surface area contributed by atoms with Crippen LogP contribution >= 0.6 is 23.1 Å². The van der Waals surface area contributed by atoms with Gasteiger partial charge in [0, 0.05) is 18.8 Å². The van der Waals surface area contributed by atoms with Gasteiger partial charge in [-0.15, -0.1) is 11.3 Å². The zero-order chi connectivity index (χ0) is 15.5. The second kappa shape index (κ2) is 6.86. The van der Waals surface area contributed by atoms with Crippen LogP contribution in [0.4, 0.5) is 5.82 Å². The quantitative estimate of drug-likeness (QED) is 0.532. The molecule has 23 heavy (non-hydrogen) atoms. The number of hydrogen-bond donors (Lipinski definition) is 0. The molecule has 1 saturated heterocycles. The molecule has 1 aliphatic rings. The SMILES string of the molecule is c1ccc(CSc2nc(N3CCOCC3)c3sccc3n2)cc1. The van der Waals surface area contributed by atoms with Crippen LogP contribution in [-0.2, 0) is 10.5 Å². The van der Waals surface area contributed by atoms with Crippen LogP contribution in [0.2, 0.25) is 0 Å². The maximum absolute atomic E-state index is 5.46. The third-order valence-electron chi connectivity index (χ3n) is 3.79. The lowest BCUT2D eigenvalue weighted by molar-refractivity contribution is 0.122. The fourth-order valence-electron chi connectivity index (χ4n) is 2.60. The number of thiophene rings is 1. The van der Waals surface area contributed by atoms with Gasteiger partial charge in [-0.3, -0.25) is 0 Å². The van der Waals surface area contributed by atoms with Crippen LogP contribution in [0, 0.1) is 0 Å². The molecule has 0 unspecified atom stereocenters. The van der Waals surface area contributed by atoms with E-state index in [1.54, 1.807) is 23.1 Å². The van der Waals surface area contributed by atoms with E-state index in [9.17, 15) is 0 Å². The van der Waals surface area contributed by atoms with Crippen LogP contribution in [0.1, 0.15) is 5.56 Å². The van der Waals surface area contributed by atoms with Gasteiger partial charge in [0.2, 0.25) is 0 Å². The van der Waals surface area contributed by atoms with Gasteiger partial charge in [0.25, 0.3) is 0 Å². The summed E-state index contributed by atoms with van der Waals surface area (Å²) in [5.74, 6) is 1.95. The molecule has 0 N–H and O–H groups in total. The molecule has 0 spiro atoms. The van der Waals surface area contributed by atoms with E-state index < -0.39 is 0 Å². The number of anilines is 1. The molecule has 1 fully saturated rings. The van der Waals surface area contributed by atoms with E-state index >= 15 is 0 Å². The second-order valence-electron chi connectivity index (χ2n) is 5.34. The smallest absolute Gasteiger partial charge is 0.190 e. The van der Waals surface area contributed by atoms with E-state index in [0.29, 0.717) is 0 Å². The number of rotatable bonds is 4. The number of fused-ring (bicyclic) bond motifs is 1. The van der Waals surface area contributed by atoms with E-state index in [2.05, 4.69) is 40.6 Å². The molecule has 6 heteroatoms. The van der Waals surface area contributed by atoms with Crippen molar-refractivity contribution in [3.8, 4) is 0 Å². The van der Waals surface area contributed by atoms with Crippen LogP contribution in [0.3, 0.4) is 0 Å². The number of ether oxygens (including phenoxy) is 1. The summed E-state index contributed by atoms with van der Waals surface area (Å²) in [4.78, 5) is 11.9. The van der Waals surface area contributed by atoms with Crippen molar-refractivity contribution in [2.45, 2.75) is 10.9 Å². The van der Waals surface area contributed by atoms with E-state index in [4.69, 9.17) is 14.7 Å². The van der Waals surface area contributed by atoms with E-state index in [0.717, 1.165) is 48.5 Å². The third kappa shape index (κ3) is 3.34. The molecule has 4 nitrogen and oxygen atoms in total. The first-order valence-corrected chi connectivity index (χ1v) is 9.51. The molecule has 0 radical (unpaired) electrons. The summed E-state index contributed by atoms with van der Waals surface area (Å²) in [5, 5.41) is 2.94. The van der Waals surface area contributed by atoms with Crippen LogP contribution in [0.15, 0.2) is 46.9 Å². The van der Waals surface area contributed by atoms with Gasteiger partial charge in [-0.2, -0.15) is 0 Å². The van der Waals surface area contributed by atoms with Gasteiger partial charge in [0.15, 0.2) is 11.0 Å². The summed E-state index contributed by atoms with van der Waals surface area (Å²) in [7, 11) is 0. The van der Waals surface area contributed by atoms with Crippen molar-refractivity contribution in [1.29, 1.82) is 0 Å². The first kappa shape index (κ1) is 14.9. The Hall–Kier alpha value is -1.63. The highest BCUT2D eigenvalue weighted by molar-refractivity contribution is 7.98. The Kier molecular flexibility index (Phi) is 4.46. The minimum Gasteiger partial charge on any atom is -0.378 e. The van der Waals surface area contributed by atoms with Gasteiger partial charge in [-0.05, 0) is 17.0 Å². The maximum atomic E-state index is 5.46. The molecule has 1 aromatic carbocycles. The van der Waals surface area contributed by atoms with Gasteiger partial charge in [0.05, 0.1) is 23.4 Å². The van der Waals surface area contributed by atoms with E-state index in [1.807, 2.05) is 6.07 Å². The number of aromatic nitrogens is 2. The van der Waals surface area contributed by atoms with Crippen LogP contribution in [-0.4, -0.2) is 36.3 Å². The molecular weight excluding hydrogens is 326 g/mol. The fourth-order valence-corrected chi connectivity index (χ4v) is 4.25. The van der Waals surface area contributed by atoms with Crippen LogP contribution in [0.25, 0.3) is 10.2 Å². The van der Waals surface area contributed by atoms with Crippen molar-refractivity contribution < 1.29 is 4.74 Å². The van der Waals surface area contributed by atoms with E-state index in [1.165, 1.54) is 10.3 Å². The predicted molar refractivity (Wildman–Crippen MR) is 96.5 cm³/mol. The molecule has 0 atom stereocenters. The molecule has 0 saturated carbocycles. The zero-order valence-corrected chi connectivity index (χ0v) is 14.3. The Morgan fingerprint density at radius 3 is 2.74 bits per heavy atom. The van der Waals surface area contributed by atoms with Crippen LogP contribution < -0.4 is 4.90 Å². The first-order valence-electron chi connectivity index (χ1n) is 7.65. The van der Waals surface area contributed by atoms with Crippen molar-refractivity contribution in [2.24, 2.45) is 0 Å². The predicted octanol–water partition coefficient (Wildman–Crippen LogP) is 3.82. The Labute approximate surface area is 143 Å². The molecule has 3 heterocycles. The molecular formula is C17H17N3OS2. The third-order valence-corrected chi connectivity index (χ3v) is 5.60. The molecule has 0 bridgehead atoms. The normalized spacial score (nSPS) is 15.2. The lowest BCUT2D eigenvalue weighted by Crippen LogP contribution is -2.36. The minimum atomic E-state index is 0.767. The summed E-state index contributed by atoms with van der Waals surface area (Å²) in [5.41, 5.74) is 2.33. The Balaban J connectivity index is 1.62. The highest BCUT2D eigenvalue weighted by Gasteiger charge is 2.18. The molecule has 118 valence electrons. The van der Waals surface area contributed by atoms with Crippen LogP contribution in [0.5, 0.6) is 0 Å². The number of morpholine rings is 1. The Morgan fingerprint density at radius 1 is 1.09 bits per heavy atom.